The summed E-state index contributed by atoms with van der Waals surface area (Å²) < 4.78 is 0. The summed E-state index contributed by atoms with van der Waals surface area (Å²) in [5.74, 6) is 0.504. The first-order valence-electron chi connectivity index (χ1n) is 4.83. The highest BCUT2D eigenvalue weighted by Gasteiger charge is 2.12. The van der Waals surface area contributed by atoms with Gasteiger partial charge in [0.2, 0.25) is 0 Å². The Morgan fingerprint density at radius 2 is 2.07 bits per heavy atom. The highest BCUT2D eigenvalue weighted by atomic mass is 15.2. The summed E-state index contributed by atoms with van der Waals surface area (Å²) in [6.07, 6.45) is 0. The Hall–Kier alpha value is -1.81. The van der Waals surface area contributed by atoms with Gasteiger partial charge in [-0.15, -0.1) is 0 Å². The highest BCUT2D eigenvalue weighted by Crippen LogP contribution is 2.29. The monoisotopic (exact) mass is 202 g/mol. The molecule has 1 heterocycles. The molecule has 0 fully saturated rings. The minimum Gasteiger partial charge on any atom is -0.382 e. The van der Waals surface area contributed by atoms with Crippen molar-refractivity contribution in [2.75, 3.05) is 5.73 Å². The Labute approximate surface area is 88.3 Å². The number of aromatic nitrogens is 2. The van der Waals surface area contributed by atoms with Crippen LogP contribution in [0.4, 0.5) is 5.82 Å². The van der Waals surface area contributed by atoms with Gasteiger partial charge < -0.3 is 11.5 Å². The van der Waals surface area contributed by atoms with Crippen molar-refractivity contribution in [3.63, 3.8) is 0 Å². The minimum atomic E-state index is 0.411. The third kappa shape index (κ3) is 1.59. The van der Waals surface area contributed by atoms with E-state index < -0.39 is 0 Å². The number of rotatable bonds is 2. The molecule has 15 heavy (non-hydrogen) atoms. The average molecular weight is 202 g/mol. The lowest BCUT2D eigenvalue weighted by Crippen LogP contribution is -1.99. The predicted molar refractivity (Wildman–Crippen MR) is 61.1 cm³/mol. The summed E-state index contributed by atoms with van der Waals surface area (Å²) in [5, 5.41) is 6.83. The molecule has 0 amide bonds. The molecule has 0 spiro atoms. The predicted octanol–water partition coefficient (Wildman–Crippen LogP) is 1.43. The molecule has 2 aromatic rings. The molecule has 0 saturated heterocycles. The molecule has 0 radical (unpaired) electrons. The van der Waals surface area contributed by atoms with Crippen molar-refractivity contribution in [2.24, 2.45) is 5.73 Å². The number of nitrogens with zero attached hydrogens (tertiary/aromatic N) is 1. The lowest BCUT2D eigenvalue weighted by atomic mass is 10.0. The maximum absolute atomic E-state index is 5.82. The van der Waals surface area contributed by atoms with Crippen LogP contribution in [0, 0.1) is 6.92 Å². The van der Waals surface area contributed by atoms with Gasteiger partial charge in [0, 0.05) is 12.1 Å². The van der Waals surface area contributed by atoms with Gasteiger partial charge in [-0.25, -0.2) is 0 Å². The zero-order chi connectivity index (χ0) is 10.8. The van der Waals surface area contributed by atoms with E-state index in [0.717, 1.165) is 16.8 Å². The van der Waals surface area contributed by atoms with Crippen molar-refractivity contribution < 1.29 is 0 Å². The maximum atomic E-state index is 5.82. The van der Waals surface area contributed by atoms with Gasteiger partial charge in [0.25, 0.3) is 0 Å². The van der Waals surface area contributed by atoms with E-state index in [9.17, 15) is 0 Å². The summed E-state index contributed by atoms with van der Waals surface area (Å²) in [7, 11) is 0. The van der Waals surface area contributed by atoms with Crippen LogP contribution in [0.25, 0.3) is 11.1 Å². The average Bonchev–Trinajstić information content (AvgIpc) is 2.60. The number of anilines is 1. The molecular weight excluding hydrogens is 188 g/mol. The van der Waals surface area contributed by atoms with E-state index in [1.807, 2.05) is 31.2 Å². The van der Waals surface area contributed by atoms with Gasteiger partial charge in [-0.05, 0) is 18.1 Å². The second kappa shape index (κ2) is 3.74. The van der Waals surface area contributed by atoms with Crippen LogP contribution in [0.1, 0.15) is 11.3 Å². The fraction of sp³-hybridized carbons (Fsp3) is 0.182. The molecule has 1 aromatic carbocycles. The van der Waals surface area contributed by atoms with Crippen LogP contribution >= 0.6 is 0 Å². The van der Waals surface area contributed by atoms with E-state index in [0.29, 0.717) is 12.4 Å². The number of hydrogen-bond acceptors (Lipinski definition) is 3. The number of nitrogen functional groups attached to an aromatic ring is 1. The van der Waals surface area contributed by atoms with E-state index in [1.165, 1.54) is 5.56 Å². The van der Waals surface area contributed by atoms with E-state index in [2.05, 4.69) is 10.2 Å². The number of hydrogen-bond donors (Lipinski definition) is 3. The molecule has 1 aromatic heterocycles. The van der Waals surface area contributed by atoms with Crippen molar-refractivity contribution in [2.45, 2.75) is 13.5 Å². The van der Waals surface area contributed by atoms with Gasteiger partial charge in [0.15, 0.2) is 5.82 Å². The van der Waals surface area contributed by atoms with Gasteiger partial charge in [-0.1, -0.05) is 24.3 Å². The normalized spacial score (nSPS) is 10.5. The molecule has 4 nitrogen and oxygen atoms in total. The van der Waals surface area contributed by atoms with Crippen molar-refractivity contribution in [1.82, 2.24) is 10.2 Å². The quantitative estimate of drug-likeness (QED) is 0.689. The van der Waals surface area contributed by atoms with E-state index in [1.54, 1.807) is 0 Å². The van der Waals surface area contributed by atoms with E-state index in [4.69, 9.17) is 11.5 Å². The fourth-order valence-electron chi connectivity index (χ4n) is 1.70. The largest absolute Gasteiger partial charge is 0.382 e. The van der Waals surface area contributed by atoms with Crippen molar-refractivity contribution in [3.05, 3.63) is 35.5 Å². The zero-order valence-electron chi connectivity index (χ0n) is 8.62. The molecule has 4 heteroatoms. The van der Waals surface area contributed by atoms with Gasteiger partial charge in [0.1, 0.15) is 0 Å². The number of aryl methyl sites for hydroxylation is 1. The van der Waals surface area contributed by atoms with E-state index in [-0.39, 0.29) is 0 Å². The Morgan fingerprint density at radius 1 is 1.33 bits per heavy atom. The summed E-state index contributed by atoms with van der Waals surface area (Å²) in [6.45, 7) is 2.45. The maximum Gasteiger partial charge on any atom is 0.153 e. The van der Waals surface area contributed by atoms with Crippen LogP contribution < -0.4 is 11.5 Å². The first kappa shape index (κ1) is 9.73. The molecular formula is C11H14N4. The molecule has 0 saturated carbocycles. The Morgan fingerprint density at radius 3 is 2.73 bits per heavy atom. The molecule has 0 atom stereocenters. The summed E-state index contributed by atoms with van der Waals surface area (Å²) in [5.41, 5.74) is 15.5. The number of nitrogens with one attached hydrogen (secondary N) is 1. The standard InChI is InChI=1S/C11H14N4/c1-7-4-2-3-5-8(7)10-9(6-12)14-15-11(10)13/h2-5H,6,12H2,1H3,(H3,13,14,15). The Kier molecular flexibility index (Phi) is 2.43. The number of nitrogens with two attached hydrogens (primary N) is 2. The van der Waals surface area contributed by atoms with Gasteiger partial charge in [-0.2, -0.15) is 5.10 Å². The number of aromatic amines is 1. The van der Waals surface area contributed by atoms with E-state index >= 15 is 0 Å². The van der Waals surface area contributed by atoms with Gasteiger partial charge >= 0.3 is 0 Å². The van der Waals surface area contributed by atoms with Crippen molar-refractivity contribution in [1.29, 1.82) is 0 Å². The first-order chi connectivity index (χ1) is 7.24. The number of H-pyrrole nitrogens is 1. The highest BCUT2D eigenvalue weighted by molar-refractivity contribution is 5.78. The SMILES string of the molecule is Cc1ccccc1-c1c(N)n[nH]c1CN. The van der Waals surface area contributed by atoms with Crippen LogP contribution in [0.2, 0.25) is 0 Å². The summed E-state index contributed by atoms with van der Waals surface area (Å²) in [6, 6.07) is 8.05. The molecule has 0 aliphatic rings. The smallest absolute Gasteiger partial charge is 0.153 e. The topological polar surface area (TPSA) is 80.7 Å². The zero-order valence-corrected chi connectivity index (χ0v) is 8.62. The third-order valence-corrected chi connectivity index (χ3v) is 2.49. The Balaban J connectivity index is 2.63. The number of benzene rings is 1. The molecule has 5 N–H and O–H groups in total. The molecule has 78 valence electrons. The second-order valence-electron chi connectivity index (χ2n) is 3.48. The third-order valence-electron chi connectivity index (χ3n) is 2.49. The molecule has 0 bridgehead atoms. The summed E-state index contributed by atoms with van der Waals surface area (Å²) in [4.78, 5) is 0. The van der Waals surface area contributed by atoms with Gasteiger partial charge in [0.05, 0.1) is 5.69 Å². The van der Waals surface area contributed by atoms with Gasteiger partial charge in [-0.3, -0.25) is 5.10 Å². The van der Waals surface area contributed by atoms with Crippen LogP contribution in [-0.4, -0.2) is 10.2 Å². The second-order valence-corrected chi connectivity index (χ2v) is 3.48. The molecule has 2 rings (SSSR count). The van der Waals surface area contributed by atoms with Crippen LogP contribution in [-0.2, 0) is 6.54 Å². The minimum absolute atomic E-state index is 0.411. The Bertz CT molecular complexity index is 473. The van der Waals surface area contributed by atoms with Crippen LogP contribution in [0.3, 0.4) is 0 Å². The molecule has 0 aliphatic carbocycles. The van der Waals surface area contributed by atoms with Crippen molar-refractivity contribution >= 4 is 5.82 Å². The summed E-state index contributed by atoms with van der Waals surface area (Å²) >= 11 is 0. The first-order valence-corrected chi connectivity index (χ1v) is 4.83. The lowest BCUT2D eigenvalue weighted by Gasteiger charge is -2.05. The lowest BCUT2D eigenvalue weighted by molar-refractivity contribution is 0.950. The van der Waals surface area contributed by atoms with Crippen molar-refractivity contribution in [3.8, 4) is 11.1 Å². The van der Waals surface area contributed by atoms with Crippen LogP contribution in [0.15, 0.2) is 24.3 Å². The molecule has 0 aliphatic heterocycles. The molecule has 0 unspecified atom stereocenters. The fourth-order valence-corrected chi connectivity index (χ4v) is 1.70. The van der Waals surface area contributed by atoms with Crippen LogP contribution in [0.5, 0.6) is 0 Å².